The Morgan fingerprint density at radius 1 is 1.11 bits per heavy atom. The van der Waals surface area contributed by atoms with Crippen molar-refractivity contribution in [3.63, 3.8) is 0 Å². The molecule has 0 saturated heterocycles. The van der Waals surface area contributed by atoms with Gasteiger partial charge in [-0.2, -0.15) is 0 Å². The predicted octanol–water partition coefficient (Wildman–Crippen LogP) is 4.25. The number of hydrogen-bond acceptors (Lipinski definition) is 4. The summed E-state index contributed by atoms with van der Waals surface area (Å²) in [6.45, 7) is 3.74. The van der Waals surface area contributed by atoms with Gasteiger partial charge in [-0.25, -0.2) is 4.98 Å². The molecule has 2 aromatic heterocycles. The van der Waals surface area contributed by atoms with Crippen molar-refractivity contribution in [3.8, 4) is 5.69 Å². The lowest BCUT2D eigenvalue weighted by Crippen LogP contribution is -2.22. The van der Waals surface area contributed by atoms with Crippen LogP contribution in [0.15, 0.2) is 64.8 Å². The lowest BCUT2D eigenvalue weighted by molar-refractivity contribution is -0.115. The number of nitrogens with zero attached hydrogens (tertiary/aromatic N) is 2. The molecule has 0 aliphatic carbocycles. The molecule has 5 nitrogen and oxygen atoms in total. The maximum atomic E-state index is 13.0. The maximum Gasteiger partial charge on any atom is 0.265 e. The molecule has 28 heavy (non-hydrogen) atoms. The van der Waals surface area contributed by atoms with Gasteiger partial charge in [0.1, 0.15) is 5.82 Å². The molecule has 2 aromatic carbocycles. The van der Waals surface area contributed by atoms with E-state index in [4.69, 9.17) is 0 Å². The lowest BCUT2D eigenvalue weighted by Gasteiger charge is -2.14. The van der Waals surface area contributed by atoms with E-state index in [9.17, 15) is 9.59 Å². The van der Waals surface area contributed by atoms with Gasteiger partial charge < -0.3 is 5.32 Å². The first-order valence-electron chi connectivity index (χ1n) is 8.94. The van der Waals surface area contributed by atoms with E-state index in [1.54, 1.807) is 22.0 Å². The Hall–Kier alpha value is -3.25. The van der Waals surface area contributed by atoms with E-state index >= 15 is 0 Å². The molecular weight excluding hydrogens is 370 g/mol. The molecule has 6 heteroatoms. The van der Waals surface area contributed by atoms with Crippen LogP contribution < -0.4 is 10.9 Å². The molecule has 0 bridgehead atoms. The zero-order chi connectivity index (χ0) is 19.7. The zero-order valence-corrected chi connectivity index (χ0v) is 16.4. The summed E-state index contributed by atoms with van der Waals surface area (Å²) < 4.78 is 1.60. The minimum Gasteiger partial charge on any atom is -0.326 e. The summed E-state index contributed by atoms with van der Waals surface area (Å²) in [5.41, 5.74) is 2.95. The summed E-state index contributed by atoms with van der Waals surface area (Å²) in [6.07, 6.45) is 0.353. The number of fused-ring (bicyclic) bond motifs is 1. The average Bonchev–Trinajstić information content (AvgIpc) is 3.17. The second-order valence-corrected chi connectivity index (χ2v) is 7.65. The fourth-order valence-electron chi connectivity index (χ4n) is 3.24. The van der Waals surface area contributed by atoms with Crippen LogP contribution in [0, 0.1) is 13.8 Å². The van der Waals surface area contributed by atoms with Crippen LogP contribution in [0.1, 0.15) is 16.3 Å². The third-order valence-corrected chi connectivity index (χ3v) is 5.48. The Balaban J connectivity index is 1.66. The highest BCUT2D eigenvalue weighted by atomic mass is 32.1. The number of amides is 1. The molecular formula is C22H19N3O2S. The number of anilines is 1. The Kier molecular flexibility index (Phi) is 4.79. The molecule has 1 amide bonds. The third-order valence-electron chi connectivity index (χ3n) is 4.60. The summed E-state index contributed by atoms with van der Waals surface area (Å²) in [6, 6.07) is 16.8. The second kappa shape index (κ2) is 7.40. The van der Waals surface area contributed by atoms with Gasteiger partial charge in [-0.1, -0.05) is 18.2 Å². The Morgan fingerprint density at radius 3 is 2.68 bits per heavy atom. The van der Waals surface area contributed by atoms with E-state index in [1.807, 2.05) is 67.8 Å². The lowest BCUT2D eigenvalue weighted by atomic mass is 10.1. The topological polar surface area (TPSA) is 64.0 Å². The van der Waals surface area contributed by atoms with Crippen molar-refractivity contribution >= 4 is 33.8 Å². The van der Waals surface area contributed by atoms with Crippen LogP contribution in [-0.2, 0) is 11.2 Å². The molecule has 0 radical (unpaired) electrons. The fourth-order valence-corrected chi connectivity index (χ4v) is 3.94. The van der Waals surface area contributed by atoms with Crippen LogP contribution in [0.5, 0.6) is 0 Å². The van der Waals surface area contributed by atoms with E-state index < -0.39 is 0 Å². The van der Waals surface area contributed by atoms with E-state index in [0.717, 1.165) is 21.8 Å². The van der Waals surface area contributed by atoms with Crippen molar-refractivity contribution in [2.45, 2.75) is 20.3 Å². The van der Waals surface area contributed by atoms with Gasteiger partial charge in [-0.3, -0.25) is 14.2 Å². The number of aromatic nitrogens is 2. The normalized spacial score (nSPS) is 10.9. The van der Waals surface area contributed by atoms with E-state index in [1.165, 1.54) is 0 Å². The highest BCUT2D eigenvalue weighted by Gasteiger charge is 2.12. The number of carbonyl (C=O) groups excluding carboxylic acids is 1. The van der Waals surface area contributed by atoms with Gasteiger partial charge in [0.15, 0.2) is 0 Å². The number of rotatable bonds is 4. The molecule has 0 aliphatic heterocycles. The number of nitrogens with one attached hydrogen (secondary N) is 1. The molecule has 0 unspecified atom stereocenters. The van der Waals surface area contributed by atoms with Crippen LogP contribution in [-0.4, -0.2) is 15.5 Å². The molecule has 4 rings (SSSR count). The monoisotopic (exact) mass is 389 g/mol. The van der Waals surface area contributed by atoms with Crippen molar-refractivity contribution in [1.29, 1.82) is 0 Å². The number of para-hydroxylation sites is 1. The van der Waals surface area contributed by atoms with Gasteiger partial charge in [0.2, 0.25) is 5.91 Å². The number of thiophene rings is 1. The highest BCUT2D eigenvalue weighted by Crippen LogP contribution is 2.21. The smallest absolute Gasteiger partial charge is 0.265 e. The van der Waals surface area contributed by atoms with Gasteiger partial charge in [0.25, 0.3) is 5.56 Å². The van der Waals surface area contributed by atoms with Crippen molar-refractivity contribution in [2.24, 2.45) is 0 Å². The van der Waals surface area contributed by atoms with Gasteiger partial charge >= 0.3 is 0 Å². The molecule has 1 N–H and O–H groups in total. The van der Waals surface area contributed by atoms with Gasteiger partial charge in [-0.15, -0.1) is 11.3 Å². The van der Waals surface area contributed by atoms with Crippen LogP contribution in [0.25, 0.3) is 16.6 Å². The summed E-state index contributed by atoms with van der Waals surface area (Å²) in [5, 5.41) is 5.49. The van der Waals surface area contributed by atoms with Crippen molar-refractivity contribution in [2.75, 3.05) is 5.32 Å². The minimum absolute atomic E-state index is 0.0565. The second-order valence-electron chi connectivity index (χ2n) is 6.62. The predicted molar refractivity (Wildman–Crippen MR) is 113 cm³/mol. The summed E-state index contributed by atoms with van der Waals surface area (Å²) in [7, 11) is 0. The molecule has 0 saturated carbocycles. The average molecular weight is 389 g/mol. The van der Waals surface area contributed by atoms with Crippen molar-refractivity contribution in [1.82, 2.24) is 9.55 Å². The van der Waals surface area contributed by atoms with E-state index in [0.29, 0.717) is 23.1 Å². The minimum atomic E-state index is -0.100. The quantitative estimate of drug-likeness (QED) is 0.568. The molecule has 0 fully saturated rings. The standard InChI is InChI=1S/C22H19N3O2S/c1-14-12-16(9-10-19(14)24-21(26)13-17-6-5-11-28-17)25-15(2)23-20-8-4-3-7-18(20)22(25)27/h3-12H,13H2,1-2H3,(H,24,26). The van der Waals surface area contributed by atoms with Crippen LogP contribution >= 0.6 is 11.3 Å². The molecule has 4 aromatic rings. The SMILES string of the molecule is Cc1cc(-n2c(C)nc3ccccc3c2=O)ccc1NC(=O)Cc1cccs1. The van der Waals surface area contributed by atoms with E-state index in [2.05, 4.69) is 10.3 Å². The van der Waals surface area contributed by atoms with Crippen LogP contribution in [0.3, 0.4) is 0 Å². The van der Waals surface area contributed by atoms with Crippen LogP contribution in [0.4, 0.5) is 5.69 Å². The fraction of sp³-hybridized carbons (Fsp3) is 0.136. The van der Waals surface area contributed by atoms with Gasteiger partial charge in [-0.05, 0) is 61.2 Å². The number of aryl methyl sites for hydroxylation is 2. The Labute approximate surface area is 166 Å². The molecule has 0 aliphatic rings. The van der Waals surface area contributed by atoms with Gasteiger partial charge in [0.05, 0.1) is 23.0 Å². The van der Waals surface area contributed by atoms with Crippen molar-refractivity contribution in [3.05, 3.63) is 86.6 Å². The number of hydrogen-bond donors (Lipinski definition) is 1. The van der Waals surface area contributed by atoms with Crippen LogP contribution in [0.2, 0.25) is 0 Å². The van der Waals surface area contributed by atoms with E-state index in [-0.39, 0.29) is 11.5 Å². The van der Waals surface area contributed by atoms with Crippen molar-refractivity contribution < 1.29 is 4.79 Å². The highest BCUT2D eigenvalue weighted by molar-refractivity contribution is 7.10. The largest absolute Gasteiger partial charge is 0.326 e. The molecule has 0 spiro atoms. The summed E-state index contributed by atoms with van der Waals surface area (Å²) in [4.78, 5) is 30.8. The first-order chi connectivity index (χ1) is 13.5. The molecule has 2 heterocycles. The Bertz CT molecular complexity index is 1230. The molecule has 0 atom stereocenters. The first kappa shape index (κ1) is 18.1. The number of carbonyl (C=O) groups is 1. The number of benzene rings is 2. The zero-order valence-electron chi connectivity index (χ0n) is 15.6. The summed E-state index contributed by atoms with van der Waals surface area (Å²) >= 11 is 1.56. The van der Waals surface area contributed by atoms with Gasteiger partial charge in [0, 0.05) is 10.6 Å². The molecule has 140 valence electrons. The maximum absolute atomic E-state index is 13.0. The summed E-state index contributed by atoms with van der Waals surface area (Å²) in [5.74, 6) is 0.566. The third kappa shape index (κ3) is 3.46. The first-order valence-corrected chi connectivity index (χ1v) is 9.82. The Morgan fingerprint density at radius 2 is 1.93 bits per heavy atom.